The summed E-state index contributed by atoms with van der Waals surface area (Å²) in [6.07, 6.45) is 4.16. The van der Waals surface area contributed by atoms with Crippen molar-refractivity contribution in [2.75, 3.05) is 7.11 Å². The number of ether oxygens (including phenoxy) is 1. The molecule has 6 heteroatoms. The van der Waals surface area contributed by atoms with Crippen LogP contribution in [0.5, 0.6) is 5.75 Å². The summed E-state index contributed by atoms with van der Waals surface area (Å²) in [5, 5.41) is 0. The van der Waals surface area contributed by atoms with Crippen molar-refractivity contribution in [1.82, 2.24) is 9.55 Å². The third kappa shape index (κ3) is 4.03. The van der Waals surface area contributed by atoms with E-state index in [1.807, 2.05) is 12.1 Å². The molecule has 0 unspecified atom stereocenters. The number of benzene rings is 2. The number of hydrogen-bond donors (Lipinski definition) is 0. The second-order valence-electron chi connectivity index (χ2n) is 8.52. The summed E-state index contributed by atoms with van der Waals surface area (Å²) in [6.45, 7) is 9.38. The minimum absolute atomic E-state index is 0.0509. The van der Waals surface area contributed by atoms with Crippen LogP contribution in [0.4, 0.5) is 10.1 Å². The van der Waals surface area contributed by atoms with Gasteiger partial charge in [-0.25, -0.2) is 14.2 Å². The number of methoxy groups -OCH3 is 1. The Bertz CT molecular complexity index is 1230. The maximum absolute atomic E-state index is 14.5. The first-order valence-corrected chi connectivity index (χ1v) is 10.9. The molecule has 5 nitrogen and oxygen atoms in total. The molecule has 32 heavy (non-hydrogen) atoms. The Labute approximate surface area is 187 Å². The van der Waals surface area contributed by atoms with Crippen molar-refractivity contribution in [2.45, 2.75) is 38.5 Å². The highest BCUT2D eigenvalue weighted by Crippen LogP contribution is 2.37. The van der Waals surface area contributed by atoms with Gasteiger partial charge in [0.2, 0.25) is 5.69 Å². The number of hydrogen-bond acceptors (Lipinski definition) is 3. The first-order valence-electron chi connectivity index (χ1n) is 10.9. The van der Waals surface area contributed by atoms with Crippen LogP contribution in [0.1, 0.15) is 44.3 Å². The predicted molar refractivity (Wildman–Crippen MR) is 123 cm³/mol. The predicted octanol–water partition coefficient (Wildman–Crippen LogP) is 6.11. The molecule has 0 saturated heterocycles. The summed E-state index contributed by atoms with van der Waals surface area (Å²) in [5.41, 5.74) is 1.82. The summed E-state index contributed by atoms with van der Waals surface area (Å²) in [4.78, 5) is 21.8. The van der Waals surface area contributed by atoms with Crippen molar-refractivity contribution in [2.24, 2.45) is 13.0 Å². The highest BCUT2D eigenvalue weighted by Gasteiger charge is 2.26. The first-order chi connectivity index (χ1) is 15.4. The fourth-order valence-electron chi connectivity index (χ4n) is 4.47. The molecule has 0 aliphatic heterocycles. The van der Waals surface area contributed by atoms with Crippen molar-refractivity contribution in [3.8, 4) is 28.1 Å². The van der Waals surface area contributed by atoms with Crippen LogP contribution in [0.2, 0.25) is 0 Å². The van der Waals surface area contributed by atoms with Gasteiger partial charge >= 0.3 is 0 Å². The van der Waals surface area contributed by atoms with E-state index in [9.17, 15) is 9.18 Å². The molecular formula is C26H26FN3O2. The summed E-state index contributed by atoms with van der Waals surface area (Å²) in [5.74, 6) is 1.68. The highest BCUT2D eigenvalue weighted by molar-refractivity contribution is 5.81. The lowest BCUT2D eigenvalue weighted by atomic mass is 9.82. The van der Waals surface area contributed by atoms with Gasteiger partial charge in [-0.2, -0.15) is 0 Å². The summed E-state index contributed by atoms with van der Waals surface area (Å²) in [6, 6.07) is 11.6. The van der Waals surface area contributed by atoms with Gasteiger partial charge in [-0.3, -0.25) is 9.36 Å². The molecule has 3 aromatic rings. The molecule has 1 saturated carbocycles. The topological polar surface area (TPSA) is 48.5 Å². The zero-order valence-corrected chi connectivity index (χ0v) is 18.6. The Morgan fingerprint density at radius 2 is 1.75 bits per heavy atom. The van der Waals surface area contributed by atoms with E-state index in [2.05, 4.69) is 11.8 Å². The molecule has 1 heterocycles. The van der Waals surface area contributed by atoms with Gasteiger partial charge in [-0.15, -0.1) is 0 Å². The molecule has 0 bridgehead atoms. The summed E-state index contributed by atoms with van der Waals surface area (Å²) >= 11 is 0. The fourth-order valence-corrected chi connectivity index (χ4v) is 4.47. The maximum atomic E-state index is 14.5. The summed E-state index contributed by atoms with van der Waals surface area (Å²) < 4.78 is 21.4. The van der Waals surface area contributed by atoms with Gasteiger partial charge in [0.05, 0.1) is 24.9 Å². The van der Waals surface area contributed by atoms with Gasteiger partial charge < -0.3 is 4.74 Å². The Kier molecular flexibility index (Phi) is 6.09. The molecule has 4 rings (SSSR count). The molecule has 0 radical (unpaired) electrons. The summed E-state index contributed by atoms with van der Waals surface area (Å²) in [7, 11) is 3.35. The largest absolute Gasteiger partial charge is 0.497 e. The van der Waals surface area contributed by atoms with E-state index in [1.165, 1.54) is 12.1 Å². The van der Waals surface area contributed by atoms with Crippen LogP contribution in [-0.4, -0.2) is 16.7 Å². The van der Waals surface area contributed by atoms with Crippen molar-refractivity contribution in [3.63, 3.8) is 0 Å². The van der Waals surface area contributed by atoms with Crippen LogP contribution in [0.15, 0.2) is 47.3 Å². The Hall–Kier alpha value is -3.46. The average Bonchev–Trinajstić information content (AvgIpc) is 2.81. The third-order valence-corrected chi connectivity index (χ3v) is 6.43. The van der Waals surface area contributed by atoms with E-state index in [0.717, 1.165) is 31.5 Å². The molecule has 1 aliphatic rings. The molecule has 0 amide bonds. The smallest absolute Gasteiger partial charge is 0.261 e. The quantitative estimate of drug-likeness (QED) is 0.469. The van der Waals surface area contributed by atoms with Crippen LogP contribution in [0, 0.1) is 18.3 Å². The van der Waals surface area contributed by atoms with Crippen LogP contribution in [0.3, 0.4) is 0 Å². The van der Waals surface area contributed by atoms with E-state index in [0.29, 0.717) is 34.1 Å². The molecule has 2 aromatic carbocycles. The van der Waals surface area contributed by atoms with Crippen molar-refractivity contribution in [3.05, 3.63) is 75.9 Å². The lowest BCUT2D eigenvalue weighted by Gasteiger charge is -2.27. The second-order valence-corrected chi connectivity index (χ2v) is 8.52. The SMILES string of the molecule is [C-]#[N+]c1ccc(-c2nc(C3CCC(C)CC3)n(C)c(=O)c2-c2ccc(OC)cc2)cc1F. The Morgan fingerprint density at radius 1 is 1.09 bits per heavy atom. The number of rotatable bonds is 4. The molecule has 0 atom stereocenters. The van der Waals surface area contributed by atoms with Gasteiger partial charge in [0.15, 0.2) is 0 Å². The van der Waals surface area contributed by atoms with E-state index < -0.39 is 5.82 Å². The second kappa shape index (κ2) is 8.96. The van der Waals surface area contributed by atoms with Gasteiger partial charge in [-0.1, -0.05) is 44.0 Å². The Morgan fingerprint density at radius 3 is 2.34 bits per heavy atom. The van der Waals surface area contributed by atoms with Crippen molar-refractivity contribution < 1.29 is 9.13 Å². The molecule has 0 N–H and O–H groups in total. The van der Waals surface area contributed by atoms with Gasteiger partial charge in [0, 0.05) is 18.5 Å². The zero-order chi connectivity index (χ0) is 22.8. The van der Waals surface area contributed by atoms with E-state index in [4.69, 9.17) is 16.3 Å². The molecule has 1 aliphatic carbocycles. The number of aromatic nitrogens is 2. The van der Waals surface area contributed by atoms with Gasteiger partial charge in [0.1, 0.15) is 17.4 Å². The minimum Gasteiger partial charge on any atom is -0.497 e. The first kappa shape index (κ1) is 21.8. The fraction of sp³-hybridized carbons (Fsp3) is 0.346. The Balaban J connectivity index is 1.93. The highest BCUT2D eigenvalue weighted by atomic mass is 19.1. The van der Waals surface area contributed by atoms with Gasteiger partial charge in [0.25, 0.3) is 5.56 Å². The van der Waals surface area contributed by atoms with E-state index in [1.54, 1.807) is 36.9 Å². The monoisotopic (exact) mass is 431 g/mol. The van der Waals surface area contributed by atoms with Gasteiger partial charge in [-0.05, 0) is 42.5 Å². The lowest BCUT2D eigenvalue weighted by Crippen LogP contribution is -2.28. The normalized spacial score (nSPS) is 18.2. The zero-order valence-electron chi connectivity index (χ0n) is 18.6. The third-order valence-electron chi connectivity index (χ3n) is 6.43. The van der Waals surface area contributed by atoms with Crippen LogP contribution < -0.4 is 10.3 Å². The van der Waals surface area contributed by atoms with E-state index in [-0.39, 0.29) is 17.2 Å². The van der Waals surface area contributed by atoms with Crippen molar-refractivity contribution >= 4 is 5.69 Å². The number of halogens is 1. The van der Waals surface area contributed by atoms with Crippen LogP contribution >= 0.6 is 0 Å². The van der Waals surface area contributed by atoms with Crippen LogP contribution in [-0.2, 0) is 7.05 Å². The maximum Gasteiger partial charge on any atom is 0.261 e. The molecule has 1 aromatic heterocycles. The lowest BCUT2D eigenvalue weighted by molar-refractivity contribution is 0.334. The molecule has 164 valence electrons. The molecular weight excluding hydrogens is 405 g/mol. The van der Waals surface area contributed by atoms with E-state index >= 15 is 0 Å². The average molecular weight is 432 g/mol. The minimum atomic E-state index is -0.617. The van der Waals surface area contributed by atoms with Crippen LogP contribution in [0.25, 0.3) is 27.2 Å². The van der Waals surface area contributed by atoms with Crippen molar-refractivity contribution in [1.29, 1.82) is 0 Å². The molecule has 1 fully saturated rings. The number of nitrogens with zero attached hydrogens (tertiary/aromatic N) is 3. The standard InChI is InChI=1S/C26H26FN3O2/c1-16-5-7-18(8-6-16)25-29-24(19-11-14-22(28-2)21(27)15-19)23(26(31)30(25)3)17-9-12-20(32-4)13-10-17/h9-16,18H,5-8H2,1,3-4H3. The molecule has 0 spiro atoms.